The van der Waals surface area contributed by atoms with Crippen LogP contribution in [0.2, 0.25) is 0 Å². The molecule has 0 aliphatic rings. The van der Waals surface area contributed by atoms with Crippen molar-refractivity contribution in [1.82, 2.24) is 0 Å². The van der Waals surface area contributed by atoms with Gasteiger partial charge in [0.1, 0.15) is 5.82 Å². The zero-order valence-electron chi connectivity index (χ0n) is 10.9. The summed E-state index contributed by atoms with van der Waals surface area (Å²) in [6.45, 7) is 1.77. The van der Waals surface area contributed by atoms with Gasteiger partial charge in [0, 0.05) is 27.5 Å². The molecule has 102 valence electrons. The van der Waals surface area contributed by atoms with Crippen molar-refractivity contribution in [3.8, 4) is 0 Å². The largest absolute Gasteiger partial charge is 0.359 e. The van der Waals surface area contributed by atoms with Gasteiger partial charge in [-0.3, -0.25) is 4.79 Å². The van der Waals surface area contributed by atoms with E-state index in [1.807, 2.05) is 12.1 Å². The van der Waals surface area contributed by atoms with Crippen molar-refractivity contribution < 1.29 is 9.18 Å². The molecular weight excluding hydrogens is 321 g/mol. The number of nitrogens with one attached hydrogen (secondary N) is 1. The molecule has 0 heterocycles. The van der Waals surface area contributed by atoms with Gasteiger partial charge in [-0.2, -0.15) is 0 Å². The summed E-state index contributed by atoms with van der Waals surface area (Å²) in [4.78, 5) is 12.0. The number of allylic oxidation sites excluding steroid dienone is 2. The van der Waals surface area contributed by atoms with Crippen LogP contribution in [0.25, 0.3) is 0 Å². The fourth-order valence-electron chi connectivity index (χ4n) is 1.72. The molecule has 2 nitrogen and oxygen atoms in total. The monoisotopic (exact) mass is 333 g/mol. The van der Waals surface area contributed by atoms with Crippen molar-refractivity contribution in [3.63, 3.8) is 0 Å². The molecule has 2 aromatic rings. The lowest BCUT2D eigenvalue weighted by atomic mass is 10.1. The SMILES string of the molecule is C/C(=C\C(=O)c1ccc(Br)cc1)Nc1cccc(F)c1. The van der Waals surface area contributed by atoms with E-state index in [9.17, 15) is 9.18 Å². The number of hydrogen-bond donors (Lipinski definition) is 1. The van der Waals surface area contributed by atoms with Crippen LogP contribution in [0.5, 0.6) is 0 Å². The Morgan fingerprint density at radius 3 is 2.55 bits per heavy atom. The molecule has 0 aliphatic heterocycles. The van der Waals surface area contributed by atoms with Gasteiger partial charge in [0.25, 0.3) is 0 Å². The van der Waals surface area contributed by atoms with Crippen molar-refractivity contribution in [1.29, 1.82) is 0 Å². The number of carbonyl (C=O) groups excluding carboxylic acids is 1. The van der Waals surface area contributed by atoms with Crippen LogP contribution in [0.3, 0.4) is 0 Å². The van der Waals surface area contributed by atoms with E-state index in [0.29, 0.717) is 16.9 Å². The van der Waals surface area contributed by atoms with E-state index in [0.717, 1.165) is 4.47 Å². The Bertz CT molecular complexity index is 650. The van der Waals surface area contributed by atoms with E-state index in [-0.39, 0.29) is 11.6 Å². The minimum Gasteiger partial charge on any atom is -0.359 e. The van der Waals surface area contributed by atoms with Crippen LogP contribution in [0.15, 0.2) is 64.8 Å². The number of benzene rings is 2. The molecule has 0 aromatic heterocycles. The fraction of sp³-hybridized carbons (Fsp3) is 0.0625. The highest BCUT2D eigenvalue weighted by atomic mass is 79.9. The number of anilines is 1. The first-order chi connectivity index (χ1) is 9.54. The predicted octanol–water partition coefficient (Wildman–Crippen LogP) is 4.79. The summed E-state index contributed by atoms with van der Waals surface area (Å²) >= 11 is 3.32. The van der Waals surface area contributed by atoms with Gasteiger partial charge < -0.3 is 5.32 Å². The molecule has 0 saturated carbocycles. The second-order valence-electron chi connectivity index (χ2n) is 4.33. The molecule has 0 aliphatic carbocycles. The van der Waals surface area contributed by atoms with Gasteiger partial charge in [-0.15, -0.1) is 0 Å². The second-order valence-corrected chi connectivity index (χ2v) is 5.25. The number of carbonyl (C=O) groups is 1. The average Bonchev–Trinajstić information content (AvgIpc) is 2.39. The second kappa shape index (κ2) is 6.48. The van der Waals surface area contributed by atoms with E-state index < -0.39 is 0 Å². The highest BCUT2D eigenvalue weighted by Crippen LogP contribution is 2.14. The van der Waals surface area contributed by atoms with E-state index in [1.54, 1.807) is 31.2 Å². The number of ketones is 1. The van der Waals surface area contributed by atoms with Crippen LogP contribution in [-0.2, 0) is 0 Å². The van der Waals surface area contributed by atoms with Crippen LogP contribution in [0, 0.1) is 5.82 Å². The minimum absolute atomic E-state index is 0.0982. The smallest absolute Gasteiger partial charge is 0.187 e. The normalized spacial score (nSPS) is 11.2. The standard InChI is InChI=1S/C16H13BrFNO/c1-11(19-15-4-2-3-14(18)10-15)9-16(20)12-5-7-13(17)8-6-12/h2-10,19H,1H3/b11-9+. The van der Waals surface area contributed by atoms with Gasteiger partial charge in [-0.1, -0.05) is 22.0 Å². The molecule has 0 bridgehead atoms. The Kier molecular flexibility index (Phi) is 4.69. The summed E-state index contributed by atoms with van der Waals surface area (Å²) in [5, 5.41) is 2.99. The lowest BCUT2D eigenvalue weighted by molar-refractivity contribution is 0.104. The van der Waals surface area contributed by atoms with Crippen LogP contribution >= 0.6 is 15.9 Å². The van der Waals surface area contributed by atoms with E-state index in [1.165, 1.54) is 18.2 Å². The highest BCUT2D eigenvalue weighted by molar-refractivity contribution is 9.10. The average molecular weight is 334 g/mol. The van der Waals surface area contributed by atoms with Gasteiger partial charge in [0.15, 0.2) is 5.78 Å². The summed E-state index contributed by atoms with van der Waals surface area (Å²) in [7, 11) is 0. The quantitative estimate of drug-likeness (QED) is 0.644. The van der Waals surface area contributed by atoms with Crippen molar-refractivity contribution in [3.05, 3.63) is 76.2 Å². The molecule has 0 atom stereocenters. The topological polar surface area (TPSA) is 29.1 Å². The maximum Gasteiger partial charge on any atom is 0.187 e. The molecule has 4 heteroatoms. The maximum atomic E-state index is 13.1. The van der Waals surface area contributed by atoms with Crippen molar-refractivity contribution >= 4 is 27.4 Å². The van der Waals surface area contributed by atoms with Gasteiger partial charge in [-0.05, 0) is 49.4 Å². The number of halogens is 2. The van der Waals surface area contributed by atoms with E-state index >= 15 is 0 Å². The first-order valence-corrected chi connectivity index (χ1v) is 6.85. The molecule has 0 amide bonds. The highest BCUT2D eigenvalue weighted by Gasteiger charge is 2.03. The number of rotatable bonds is 4. The first-order valence-electron chi connectivity index (χ1n) is 6.05. The van der Waals surface area contributed by atoms with E-state index in [2.05, 4.69) is 21.2 Å². The summed E-state index contributed by atoms with van der Waals surface area (Å²) in [5.41, 5.74) is 1.87. The summed E-state index contributed by atoms with van der Waals surface area (Å²) in [6, 6.07) is 13.2. The summed E-state index contributed by atoms with van der Waals surface area (Å²) < 4.78 is 14.0. The molecule has 2 aromatic carbocycles. The van der Waals surface area contributed by atoms with Crippen molar-refractivity contribution in [2.24, 2.45) is 0 Å². The van der Waals surface area contributed by atoms with Gasteiger partial charge >= 0.3 is 0 Å². The molecule has 0 spiro atoms. The summed E-state index contributed by atoms with van der Waals surface area (Å²) in [6.07, 6.45) is 1.49. The van der Waals surface area contributed by atoms with Gasteiger partial charge in [-0.25, -0.2) is 4.39 Å². The third-order valence-electron chi connectivity index (χ3n) is 2.64. The zero-order valence-corrected chi connectivity index (χ0v) is 12.4. The van der Waals surface area contributed by atoms with Crippen LogP contribution in [0.4, 0.5) is 10.1 Å². The van der Waals surface area contributed by atoms with Gasteiger partial charge in [0.2, 0.25) is 0 Å². The first kappa shape index (κ1) is 14.5. The van der Waals surface area contributed by atoms with Crippen LogP contribution in [0.1, 0.15) is 17.3 Å². The predicted molar refractivity (Wildman–Crippen MR) is 82.3 cm³/mol. The lowest BCUT2D eigenvalue weighted by Gasteiger charge is -2.06. The van der Waals surface area contributed by atoms with Gasteiger partial charge in [0.05, 0.1) is 0 Å². The molecule has 2 rings (SSSR count). The minimum atomic E-state index is -0.318. The summed E-state index contributed by atoms with van der Waals surface area (Å²) in [5.74, 6) is -0.416. The third kappa shape index (κ3) is 4.03. The molecule has 0 unspecified atom stereocenters. The molecule has 1 N–H and O–H groups in total. The maximum absolute atomic E-state index is 13.1. The molecule has 0 fully saturated rings. The van der Waals surface area contributed by atoms with Crippen molar-refractivity contribution in [2.75, 3.05) is 5.32 Å². The Morgan fingerprint density at radius 2 is 1.90 bits per heavy atom. The Balaban J connectivity index is 2.10. The molecule has 0 saturated heterocycles. The molecular formula is C16H13BrFNO. The number of hydrogen-bond acceptors (Lipinski definition) is 2. The Hall–Kier alpha value is -1.94. The molecule has 0 radical (unpaired) electrons. The Morgan fingerprint density at radius 1 is 1.20 bits per heavy atom. The van der Waals surface area contributed by atoms with Crippen molar-refractivity contribution in [2.45, 2.75) is 6.92 Å². The van der Waals surface area contributed by atoms with Crippen LogP contribution < -0.4 is 5.32 Å². The Labute approximate surface area is 125 Å². The lowest BCUT2D eigenvalue weighted by Crippen LogP contribution is -2.01. The van der Waals surface area contributed by atoms with E-state index in [4.69, 9.17) is 0 Å². The third-order valence-corrected chi connectivity index (χ3v) is 3.17. The zero-order chi connectivity index (χ0) is 14.5. The fourth-order valence-corrected chi connectivity index (χ4v) is 1.99. The van der Waals surface area contributed by atoms with Crippen LogP contribution in [-0.4, -0.2) is 5.78 Å². The molecule has 20 heavy (non-hydrogen) atoms.